The van der Waals surface area contributed by atoms with Crippen molar-refractivity contribution in [2.75, 3.05) is 0 Å². The largest absolute Gasteiger partial charge is 0.479 e. The summed E-state index contributed by atoms with van der Waals surface area (Å²) in [5.41, 5.74) is 0.137. The first-order valence-electron chi connectivity index (χ1n) is 4.50. The summed E-state index contributed by atoms with van der Waals surface area (Å²) >= 11 is 0. The maximum absolute atomic E-state index is 10.4. The minimum Gasteiger partial charge on any atom is -0.479 e. The molecule has 12 heavy (non-hydrogen) atoms. The van der Waals surface area contributed by atoms with E-state index >= 15 is 0 Å². The Bertz CT molecular complexity index is 167. The molecule has 0 aromatic carbocycles. The lowest BCUT2D eigenvalue weighted by molar-refractivity contribution is -0.149. The van der Waals surface area contributed by atoms with Crippen molar-refractivity contribution in [1.82, 2.24) is 0 Å². The molecular formula is C9H16O3. The topological polar surface area (TPSA) is 57.5 Å². The molecule has 1 rings (SSSR count). The van der Waals surface area contributed by atoms with E-state index in [2.05, 4.69) is 6.92 Å². The van der Waals surface area contributed by atoms with E-state index in [-0.39, 0.29) is 5.41 Å². The first kappa shape index (κ1) is 9.52. The van der Waals surface area contributed by atoms with Gasteiger partial charge in [-0.1, -0.05) is 19.8 Å². The molecule has 1 aliphatic carbocycles. The van der Waals surface area contributed by atoms with Crippen LogP contribution in [0.1, 0.15) is 39.0 Å². The van der Waals surface area contributed by atoms with Crippen molar-refractivity contribution in [2.45, 2.75) is 45.1 Å². The molecule has 0 bridgehead atoms. The minimum absolute atomic E-state index is 0.137. The van der Waals surface area contributed by atoms with E-state index < -0.39 is 12.1 Å². The molecule has 0 aliphatic heterocycles. The van der Waals surface area contributed by atoms with Crippen molar-refractivity contribution in [3.05, 3.63) is 0 Å². The van der Waals surface area contributed by atoms with E-state index in [0.717, 1.165) is 19.3 Å². The van der Waals surface area contributed by atoms with Crippen molar-refractivity contribution in [3.8, 4) is 0 Å². The van der Waals surface area contributed by atoms with Gasteiger partial charge in [-0.2, -0.15) is 0 Å². The zero-order valence-corrected chi connectivity index (χ0v) is 7.42. The molecule has 70 valence electrons. The van der Waals surface area contributed by atoms with Crippen LogP contribution in [0.3, 0.4) is 0 Å². The Morgan fingerprint density at radius 3 is 2.42 bits per heavy atom. The quantitative estimate of drug-likeness (QED) is 0.674. The van der Waals surface area contributed by atoms with Crippen molar-refractivity contribution < 1.29 is 15.0 Å². The molecule has 1 saturated carbocycles. The van der Waals surface area contributed by atoms with Gasteiger partial charge in [-0.05, 0) is 24.7 Å². The van der Waals surface area contributed by atoms with Crippen LogP contribution >= 0.6 is 0 Å². The number of carboxylic acid groups (broad SMARTS) is 1. The summed E-state index contributed by atoms with van der Waals surface area (Å²) in [5, 5.41) is 17.7. The van der Waals surface area contributed by atoms with Gasteiger partial charge < -0.3 is 10.2 Å². The summed E-state index contributed by atoms with van der Waals surface area (Å²) in [7, 11) is 0. The maximum Gasteiger partial charge on any atom is 0.332 e. The molecule has 1 fully saturated rings. The molecule has 1 aliphatic rings. The molecule has 0 aromatic heterocycles. The van der Waals surface area contributed by atoms with Crippen LogP contribution in [-0.4, -0.2) is 22.3 Å². The normalized spacial score (nSPS) is 22.8. The smallest absolute Gasteiger partial charge is 0.332 e. The number of rotatable bonds is 4. The summed E-state index contributed by atoms with van der Waals surface area (Å²) in [6, 6.07) is 0. The Hall–Kier alpha value is -0.570. The molecule has 0 saturated heterocycles. The Balaban J connectivity index is 2.42. The highest BCUT2D eigenvalue weighted by molar-refractivity contribution is 5.71. The van der Waals surface area contributed by atoms with Crippen LogP contribution in [0.15, 0.2) is 0 Å². The van der Waals surface area contributed by atoms with Gasteiger partial charge in [-0.3, -0.25) is 0 Å². The SMILES string of the molecule is CCC1(CC(O)C(=O)O)CCC1. The number of carbonyl (C=O) groups is 1. The standard InChI is InChI=1S/C9H16O3/c1-2-9(4-3-5-9)6-7(10)8(11)12/h7,10H,2-6H2,1H3,(H,11,12). The molecule has 2 N–H and O–H groups in total. The van der Waals surface area contributed by atoms with Crippen LogP contribution in [0.5, 0.6) is 0 Å². The van der Waals surface area contributed by atoms with Crippen LogP contribution in [0, 0.1) is 5.41 Å². The van der Waals surface area contributed by atoms with E-state index in [9.17, 15) is 4.79 Å². The van der Waals surface area contributed by atoms with Gasteiger partial charge in [0.2, 0.25) is 0 Å². The Morgan fingerprint density at radius 1 is 1.58 bits per heavy atom. The number of carboxylic acids is 1. The molecule has 3 heteroatoms. The van der Waals surface area contributed by atoms with Gasteiger partial charge in [0.05, 0.1) is 0 Å². The predicted molar refractivity (Wildman–Crippen MR) is 44.8 cm³/mol. The molecule has 1 unspecified atom stereocenters. The molecule has 0 radical (unpaired) electrons. The summed E-state index contributed by atoms with van der Waals surface area (Å²) in [6.45, 7) is 2.06. The molecule has 1 atom stereocenters. The van der Waals surface area contributed by atoms with Crippen LogP contribution in [0.25, 0.3) is 0 Å². The number of aliphatic carboxylic acids is 1. The highest BCUT2D eigenvalue weighted by Gasteiger charge is 2.38. The van der Waals surface area contributed by atoms with Gasteiger partial charge in [0.15, 0.2) is 6.10 Å². The summed E-state index contributed by atoms with van der Waals surface area (Å²) in [6.07, 6.45) is 3.59. The summed E-state index contributed by atoms with van der Waals surface area (Å²) in [5.74, 6) is -1.09. The Kier molecular flexibility index (Phi) is 2.73. The second kappa shape index (κ2) is 3.44. The zero-order chi connectivity index (χ0) is 9.19. The highest BCUT2D eigenvalue weighted by Crippen LogP contribution is 2.47. The van der Waals surface area contributed by atoms with E-state index in [1.807, 2.05) is 0 Å². The predicted octanol–water partition coefficient (Wildman–Crippen LogP) is 1.40. The van der Waals surface area contributed by atoms with Gasteiger partial charge in [0, 0.05) is 0 Å². The third-order valence-corrected chi connectivity index (χ3v) is 3.08. The molecule has 0 heterocycles. The molecule has 0 spiro atoms. The van der Waals surface area contributed by atoms with Crippen LogP contribution < -0.4 is 0 Å². The molecule has 3 nitrogen and oxygen atoms in total. The maximum atomic E-state index is 10.4. The fourth-order valence-corrected chi connectivity index (χ4v) is 1.88. The monoisotopic (exact) mass is 172 g/mol. The van der Waals surface area contributed by atoms with Crippen molar-refractivity contribution in [3.63, 3.8) is 0 Å². The molecular weight excluding hydrogens is 156 g/mol. The first-order chi connectivity index (χ1) is 5.59. The lowest BCUT2D eigenvalue weighted by Crippen LogP contribution is -2.35. The number of hydrogen-bond acceptors (Lipinski definition) is 2. The van der Waals surface area contributed by atoms with Crippen molar-refractivity contribution in [1.29, 1.82) is 0 Å². The van der Waals surface area contributed by atoms with Crippen molar-refractivity contribution in [2.24, 2.45) is 5.41 Å². The minimum atomic E-state index is -1.16. The lowest BCUT2D eigenvalue weighted by atomic mass is 9.64. The zero-order valence-electron chi connectivity index (χ0n) is 7.42. The number of aliphatic hydroxyl groups excluding tert-OH is 1. The highest BCUT2D eigenvalue weighted by atomic mass is 16.4. The lowest BCUT2D eigenvalue weighted by Gasteiger charge is -2.42. The summed E-state index contributed by atoms with van der Waals surface area (Å²) < 4.78 is 0. The average Bonchev–Trinajstić information content (AvgIpc) is 1.96. The van der Waals surface area contributed by atoms with E-state index in [1.165, 1.54) is 6.42 Å². The van der Waals surface area contributed by atoms with E-state index in [1.54, 1.807) is 0 Å². The van der Waals surface area contributed by atoms with Crippen LogP contribution in [0.4, 0.5) is 0 Å². The third-order valence-electron chi connectivity index (χ3n) is 3.08. The second-order valence-corrected chi connectivity index (χ2v) is 3.77. The van der Waals surface area contributed by atoms with E-state index in [4.69, 9.17) is 10.2 Å². The van der Waals surface area contributed by atoms with Crippen LogP contribution in [0.2, 0.25) is 0 Å². The fourth-order valence-electron chi connectivity index (χ4n) is 1.88. The molecule has 0 amide bonds. The van der Waals surface area contributed by atoms with E-state index in [0.29, 0.717) is 6.42 Å². The number of hydrogen-bond donors (Lipinski definition) is 2. The Labute approximate surface area is 72.4 Å². The van der Waals surface area contributed by atoms with Gasteiger partial charge in [0.1, 0.15) is 0 Å². The fraction of sp³-hybridized carbons (Fsp3) is 0.889. The average molecular weight is 172 g/mol. The van der Waals surface area contributed by atoms with Gasteiger partial charge in [-0.25, -0.2) is 4.79 Å². The first-order valence-corrected chi connectivity index (χ1v) is 4.50. The third kappa shape index (κ3) is 1.78. The van der Waals surface area contributed by atoms with Gasteiger partial charge in [0.25, 0.3) is 0 Å². The number of aliphatic hydroxyl groups is 1. The van der Waals surface area contributed by atoms with Crippen molar-refractivity contribution >= 4 is 5.97 Å². The second-order valence-electron chi connectivity index (χ2n) is 3.77. The van der Waals surface area contributed by atoms with Gasteiger partial charge >= 0.3 is 5.97 Å². The molecule has 0 aromatic rings. The van der Waals surface area contributed by atoms with Crippen LogP contribution in [-0.2, 0) is 4.79 Å². The Morgan fingerprint density at radius 2 is 2.17 bits per heavy atom. The van der Waals surface area contributed by atoms with Gasteiger partial charge in [-0.15, -0.1) is 0 Å². The summed E-state index contributed by atoms with van der Waals surface area (Å²) in [4.78, 5) is 10.4.